The summed E-state index contributed by atoms with van der Waals surface area (Å²) in [5.41, 5.74) is 1.63. The average molecular weight is 427 g/mol. The van der Waals surface area contributed by atoms with Crippen molar-refractivity contribution in [2.45, 2.75) is 13.8 Å². The fraction of sp³-hybridized carbons (Fsp3) is 0.333. The molecule has 156 valence electrons. The van der Waals surface area contributed by atoms with E-state index in [1.165, 1.54) is 0 Å². The number of nitrogens with one attached hydrogen (secondary N) is 1. The van der Waals surface area contributed by atoms with Crippen LogP contribution in [0.1, 0.15) is 23.0 Å². The van der Waals surface area contributed by atoms with E-state index in [-0.39, 0.29) is 5.91 Å². The van der Waals surface area contributed by atoms with Gasteiger partial charge in [-0.1, -0.05) is 35.0 Å². The molecule has 30 heavy (non-hydrogen) atoms. The summed E-state index contributed by atoms with van der Waals surface area (Å²) in [6, 6.07) is 11.2. The summed E-state index contributed by atoms with van der Waals surface area (Å²) >= 11 is 6.32. The molecule has 0 saturated carbocycles. The number of aromatic nitrogens is 3. The van der Waals surface area contributed by atoms with Crippen LogP contribution in [0.15, 0.2) is 40.9 Å². The Bertz CT molecular complexity index is 1030. The number of aryl methyl sites for hydroxylation is 1. The third-order valence-electron chi connectivity index (χ3n) is 5.10. The van der Waals surface area contributed by atoms with Crippen molar-refractivity contribution in [3.8, 4) is 11.3 Å². The number of amides is 1. The molecule has 1 aliphatic rings. The second-order valence-electron chi connectivity index (χ2n) is 7.03. The highest BCUT2D eigenvalue weighted by Gasteiger charge is 2.29. The summed E-state index contributed by atoms with van der Waals surface area (Å²) in [6.07, 6.45) is 0. The number of carbonyl (C=O) groups is 1. The van der Waals surface area contributed by atoms with E-state index < -0.39 is 0 Å². The van der Waals surface area contributed by atoms with Crippen LogP contribution in [-0.2, 0) is 0 Å². The van der Waals surface area contributed by atoms with Gasteiger partial charge in [0.1, 0.15) is 22.8 Å². The van der Waals surface area contributed by atoms with Crippen molar-refractivity contribution in [3.05, 3.63) is 52.7 Å². The molecule has 1 fully saturated rings. The Morgan fingerprint density at radius 3 is 2.57 bits per heavy atom. The number of anilines is 2. The number of carbonyl (C=O) groups excluding carboxylic acids is 1. The van der Waals surface area contributed by atoms with Gasteiger partial charge in [0.2, 0.25) is 0 Å². The third-order valence-corrected chi connectivity index (χ3v) is 5.43. The van der Waals surface area contributed by atoms with E-state index in [1.807, 2.05) is 42.2 Å². The molecule has 0 atom stereocenters. The monoisotopic (exact) mass is 426 g/mol. The lowest BCUT2D eigenvalue weighted by atomic mass is 10.0. The van der Waals surface area contributed by atoms with Crippen molar-refractivity contribution in [2.24, 2.45) is 0 Å². The van der Waals surface area contributed by atoms with Crippen LogP contribution in [-0.4, -0.2) is 58.9 Å². The van der Waals surface area contributed by atoms with Gasteiger partial charge in [-0.15, -0.1) is 10.2 Å². The second kappa shape index (κ2) is 8.71. The topological polar surface area (TPSA) is 87.4 Å². The molecule has 0 spiro atoms. The lowest BCUT2D eigenvalue weighted by molar-refractivity contribution is 0.0745. The molecule has 4 rings (SSSR count). The van der Waals surface area contributed by atoms with Crippen molar-refractivity contribution >= 4 is 29.1 Å². The first-order valence-corrected chi connectivity index (χ1v) is 10.3. The first-order valence-electron chi connectivity index (χ1n) is 9.91. The minimum atomic E-state index is -0.100. The molecule has 3 heterocycles. The standard InChI is InChI=1S/C21H23ClN6O2/c1-3-23-17-8-9-18(25-24-17)27-10-12-28(13-11-27)21(29)19-14(2)30-26-20(19)15-6-4-5-7-16(15)22/h4-9H,3,10-13H2,1-2H3,(H,23,24). The second-order valence-corrected chi connectivity index (χ2v) is 7.44. The maximum atomic E-state index is 13.3. The smallest absolute Gasteiger partial charge is 0.259 e. The van der Waals surface area contributed by atoms with Gasteiger partial charge in [0.15, 0.2) is 5.82 Å². The maximum Gasteiger partial charge on any atom is 0.259 e. The highest BCUT2D eigenvalue weighted by atomic mass is 35.5. The Kier molecular flexibility index (Phi) is 5.85. The molecule has 8 nitrogen and oxygen atoms in total. The molecular formula is C21H23ClN6O2. The summed E-state index contributed by atoms with van der Waals surface area (Å²) in [4.78, 5) is 17.2. The van der Waals surface area contributed by atoms with Crippen LogP contribution >= 0.6 is 11.6 Å². The maximum absolute atomic E-state index is 13.3. The van der Waals surface area contributed by atoms with Crippen LogP contribution in [0.25, 0.3) is 11.3 Å². The first-order chi connectivity index (χ1) is 14.6. The van der Waals surface area contributed by atoms with Gasteiger partial charge in [-0.25, -0.2) is 0 Å². The number of halogens is 1. The summed E-state index contributed by atoms with van der Waals surface area (Å²) < 4.78 is 5.35. The van der Waals surface area contributed by atoms with E-state index in [2.05, 4.69) is 25.6 Å². The molecule has 0 aliphatic carbocycles. The van der Waals surface area contributed by atoms with E-state index in [4.69, 9.17) is 16.1 Å². The zero-order chi connectivity index (χ0) is 21.1. The normalized spacial score (nSPS) is 14.1. The van der Waals surface area contributed by atoms with Crippen LogP contribution in [0.2, 0.25) is 5.02 Å². The number of benzene rings is 1. The van der Waals surface area contributed by atoms with Gasteiger partial charge in [0.05, 0.1) is 5.02 Å². The van der Waals surface area contributed by atoms with E-state index >= 15 is 0 Å². The van der Waals surface area contributed by atoms with Crippen molar-refractivity contribution in [1.29, 1.82) is 0 Å². The quantitative estimate of drug-likeness (QED) is 0.668. The third kappa shape index (κ3) is 3.95. The molecule has 0 bridgehead atoms. The van der Waals surface area contributed by atoms with Crippen LogP contribution in [0.5, 0.6) is 0 Å². The van der Waals surface area contributed by atoms with Gasteiger partial charge in [-0.3, -0.25) is 4.79 Å². The zero-order valence-electron chi connectivity index (χ0n) is 16.9. The molecule has 1 aromatic carbocycles. The first kappa shape index (κ1) is 20.2. The van der Waals surface area contributed by atoms with Gasteiger partial charge in [0.25, 0.3) is 5.91 Å². The fourth-order valence-corrected chi connectivity index (χ4v) is 3.75. The Morgan fingerprint density at radius 2 is 1.90 bits per heavy atom. The average Bonchev–Trinajstić information content (AvgIpc) is 3.15. The van der Waals surface area contributed by atoms with Crippen LogP contribution in [0, 0.1) is 6.92 Å². The molecule has 1 amide bonds. The number of nitrogens with zero attached hydrogens (tertiary/aromatic N) is 5. The molecule has 1 N–H and O–H groups in total. The number of hydrogen-bond acceptors (Lipinski definition) is 7. The van der Waals surface area contributed by atoms with Gasteiger partial charge in [-0.2, -0.15) is 0 Å². The van der Waals surface area contributed by atoms with E-state index in [0.717, 1.165) is 18.2 Å². The number of hydrogen-bond donors (Lipinski definition) is 1. The van der Waals surface area contributed by atoms with Crippen molar-refractivity contribution in [3.63, 3.8) is 0 Å². The summed E-state index contributed by atoms with van der Waals surface area (Å²) in [5, 5.41) is 16.2. The van der Waals surface area contributed by atoms with E-state index in [9.17, 15) is 4.79 Å². The SMILES string of the molecule is CCNc1ccc(N2CCN(C(=O)c3c(-c4ccccc4Cl)noc3C)CC2)nn1. The summed E-state index contributed by atoms with van der Waals surface area (Å²) in [7, 11) is 0. The van der Waals surface area contributed by atoms with Gasteiger partial charge >= 0.3 is 0 Å². The molecule has 1 saturated heterocycles. The van der Waals surface area contributed by atoms with Crippen LogP contribution in [0.3, 0.4) is 0 Å². The fourth-order valence-electron chi connectivity index (χ4n) is 3.53. The predicted octanol–water partition coefficient (Wildman–Crippen LogP) is 3.49. The van der Waals surface area contributed by atoms with E-state index in [0.29, 0.717) is 53.8 Å². The Morgan fingerprint density at radius 1 is 1.13 bits per heavy atom. The minimum absolute atomic E-state index is 0.100. The molecule has 2 aromatic heterocycles. The lowest BCUT2D eigenvalue weighted by Gasteiger charge is -2.35. The highest BCUT2D eigenvalue weighted by Crippen LogP contribution is 2.32. The number of rotatable bonds is 5. The molecule has 0 radical (unpaired) electrons. The Balaban J connectivity index is 1.48. The highest BCUT2D eigenvalue weighted by molar-refractivity contribution is 6.33. The molecule has 3 aromatic rings. The largest absolute Gasteiger partial charge is 0.369 e. The van der Waals surface area contributed by atoms with E-state index in [1.54, 1.807) is 13.0 Å². The molecule has 9 heteroatoms. The minimum Gasteiger partial charge on any atom is -0.369 e. The van der Waals surface area contributed by atoms with Crippen LogP contribution < -0.4 is 10.2 Å². The predicted molar refractivity (Wildman–Crippen MR) is 116 cm³/mol. The zero-order valence-corrected chi connectivity index (χ0v) is 17.7. The van der Waals surface area contributed by atoms with Crippen molar-refractivity contribution in [1.82, 2.24) is 20.3 Å². The van der Waals surface area contributed by atoms with Gasteiger partial charge < -0.3 is 19.6 Å². The van der Waals surface area contributed by atoms with Gasteiger partial charge in [0, 0.05) is 38.3 Å². The van der Waals surface area contributed by atoms with Gasteiger partial charge in [-0.05, 0) is 32.0 Å². The number of piperazine rings is 1. The molecule has 1 aliphatic heterocycles. The lowest BCUT2D eigenvalue weighted by Crippen LogP contribution is -2.49. The van der Waals surface area contributed by atoms with Crippen molar-refractivity contribution < 1.29 is 9.32 Å². The molecule has 0 unspecified atom stereocenters. The van der Waals surface area contributed by atoms with Crippen LogP contribution in [0.4, 0.5) is 11.6 Å². The Hall–Kier alpha value is -3.13. The van der Waals surface area contributed by atoms with Crippen molar-refractivity contribution in [2.75, 3.05) is 42.9 Å². The molecular weight excluding hydrogens is 404 g/mol. The summed E-state index contributed by atoms with van der Waals surface area (Å²) in [5.74, 6) is 1.95. The Labute approximate surface area is 179 Å². The summed E-state index contributed by atoms with van der Waals surface area (Å²) in [6.45, 7) is 7.05.